The number of nitro benzene ring substituents is 1. The van der Waals surface area contributed by atoms with Gasteiger partial charge in [-0.25, -0.2) is 12.8 Å². The molecule has 1 aliphatic rings. The number of nitrogens with zero attached hydrogens (tertiary/aromatic N) is 3. The number of halogens is 1. The maximum Gasteiger partial charge on any atom is 0.270 e. The molecule has 1 saturated heterocycles. The molecular weight excluding hydrogens is 477 g/mol. The Morgan fingerprint density at radius 3 is 2.34 bits per heavy atom. The van der Waals surface area contributed by atoms with Crippen LogP contribution in [-0.2, 0) is 16.6 Å². The lowest BCUT2D eigenvalue weighted by Crippen LogP contribution is -2.50. The van der Waals surface area contributed by atoms with E-state index in [2.05, 4.69) is 0 Å². The van der Waals surface area contributed by atoms with Crippen molar-refractivity contribution < 1.29 is 27.3 Å². The average Bonchev–Trinajstić information content (AvgIpc) is 2.88. The minimum atomic E-state index is -3.94. The van der Waals surface area contributed by atoms with Gasteiger partial charge in [0.2, 0.25) is 10.0 Å². The van der Waals surface area contributed by atoms with Crippen LogP contribution in [0.3, 0.4) is 0 Å². The largest absolute Gasteiger partial charge is 0.488 e. The van der Waals surface area contributed by atoms with Gasteiger partial charge in [-0.05, 0) is 35.9 Å². The van der Waals surface area contributed by atoms with E-state index in [1.807, 2.05) is 0 Å². The number of rotatable bonds is 7. The zero-order chi connectivity index (χ0) is 25.0. The zero-order valence-corrected chi connectivity index (χ0v) is 19.4. The number of hydrogen-bond donors (Lipinski definition) is 0. The molecule has 0 bridgehead atoms. The molecule has 0 saturated carbocycles. The lowest BCUT2D eigenvalue weighted by molar-refractivity contribution is -0.385. The Morgan fingerprint density at radius 2 is 1.66 bits per heavy atom. The molecule has 35 heavy (non-hydrogen) atoms. The molecule has 1 fully saturated rings. The van der Waals surface area contributed by atoms with Gasteiger partial charge < -0.3 is 9.64 Å². The number of benzene rings is 3. The fourth-order valence-corrected chi connectivity index (χ4v) is 5.18. The van der Waals surface area contributed by atoms with Crippen LogP contribution in [0.1, 0.15) is 15.9 Å². The number of sulfonamides is 1. The summed E-state index contributed by atoms with van der Waals surface area (Å²) in [5.74, 6) is -0.281. The SMILES string of the molecule is O=C(c1ccccc1OCc1ccc(F)cc1)N1CCN(S(=O)(=O)c2cccc([N+](=O)[O-])c2)CC1. The molecule has 1 heterocycles. The number of non-ortho nitro benzene ring substituents is 1. The standard InChI is InChI=1S/C24H22FN3O6S/c25-19-10-8-18(9-11-19)17-34-23-7-2-1-6-22(23)24(29)26-12-14-27(15-13-26)35(32,33)21-5-3-4-20(16-21)28(30)31/h1-11,16H,12-15,17H2. The van der Waals surface area contributed by atoms with E-state index in [-0.39, 0.29) is 55.1 Å². The first-order valence-corrected chi connectivity index (χ1v) is 12.2. The summed E-state index contributed by atoms with van der Waals surface area (Å²) in [4.78, 5) is 24.9. The first-order chi connectivity index (χ1) is 16.8. The van der Waals surface area contributed by atoms with Crippen molar-refractivity contribution in [3.05, 3.63) is 99.9 Å². The maximum atomic E-state index is 13.2. The van der Waals surface area contributed by atoms with Gasteiger partial charge >= 0.3 is 0 Å². The highest BCUT2D eigenvalue weighted by Crippen LogP contribution is 2.25. The predicted molar refractivity (Wildman–Crippen MR) is 125 cm³/mol. The molecule has 3 aromatic rings. The summed E-state index contributed by atoms with van der Waals surface area (Å²) in [5, 5.41) is 11.0. The molecule has 0 radical (unpaired) electrons. The van der Waals surface area contributed by atoms with Gasteiger partial charge in [-0.1, -0.05) is 30.3 Å². The highest BCUT2D eigenvalue weighted by molar-refractivity contribution is 7.89. The molecule has 1 amide bonds. The van der Waals surface area contributed by atoms with E-state index in [0.29, 0.717) is 11.3 Å². The van der Waals surface area contributed by atoms with E-state index in [1.165, 1.54) is 34.6 Å². The summed E-state index contributed by atoms with van der Waals surface area (Å²) < 4.78 is 46.1. The highest BCUT2D eigenvalue weighted by Gasteiger charge is 2.32. The molecule has 1 aliphatic heterocycles. The quantitative estimate of drug-likeness (QED) is 0.364. The van der Waals surface area contributed by atoms with E-state index in [9.17, 15) is 27.7 Å². The van der Waals surface area contributed by atoms with E-state index in [0.717, 1.165) is 11.6 Å². The predicted octanol–water partition coefficient (Wildman–Crippen LogP) is 3.46. The summed E-state index contributed by atoms with van der Waals surface area (Å²) in [6, 6.07) is 17.5. The monoisotopic (exact) mass is 499 g/mol. The Kier molecular flexibility index (Phi) is 7.08. The number of para-hydroxylation sites is 1. The fourth-order valence-electron chi connectivity index (χ4n) is 3.72. The van der Waals surface area contributed by atoms with Crippen LogP contribution in [-0.4, -0.2) is 54.6 Å². The minimum absolute atomic E-state index is 0.0510. The second-order valence-corrected chi connectivity index (χ2v) is 9.80. The third-order valence-electron chi connectivity index (χ3n) is 5.62. The molecule has 11 heteroatoms. The van der Waals surface area contributed by atoms with Crippen molar-refractivity contribution in [3.8, 4) is 5.75 Å². The molecule has 9 nitrogen and oxygen atoms in total. The second-order valence-electron chi connectivity index (χ2n) is 7.86. The summed E-state index contributed by atoms with van der Waals surface area (Å²) >= 11 is 0. The molecule has 0 aromatic heterocycles. The number of ether oxygens (including phenoxy) is 1. The Morgan fingerprint density at radius 1 is 0.971 bits per heavy atom. The zero-order valence-electron chi connectivity index (χ0n) is 18.5. The number of carbonyl (C=O) groups is 1. The van der Waals surface area contributed by atoms with Crippen LogP contribution in [0.25, 0.3) is 0 Å². The van der Waals surface area contributed by atoms with E-state index in [4.69, 9.17) is 4.74 Å². The normalized spacial score (nSPS) is 14.5. The molecule has 182 valence electrons. The van der Waals surface area contributed by atoms with Gasteiger partial charge in [0.05, 0.1) is 15.4 Å². The molecule has 0 unspecified atom stereocenters. The Labute approximate surface area is 201 Å². The van der Waals surface area contributed by atoms with Gasteiger partial charge in [0.15, 0.2) is 0 Å². The summed E-state index contributed by atoms with van der Waals surface area (Å²) in [6.07, 6.45) is 0. The molecule has 4 rings (SSSR count). The van der Waals surface area contributed by atoms with Crippen molar-refractivity contribution in [3.63, 3.8) is 0 Å². The topological polar surface area (TPSA) is 110 Å². The Balaban J connectivity index is 1.43. The van der Waals surface area contributed by atoms with Crippen molar-refractivity contribution in [2.24, 2.45) is 0 Å². The summed E-state index contributed by atoms with van der Waals surface area (Å²) in [6.45, 7) is 0.559. The molecule has 0 N–H and O–H groups in total. The first-order valence-electron chi connectivity index (χ1n) is 10.8. The lowest BCUT2D eigenvalue weighted by atomic mass is 10.1. The van der Waals surface area contributed by atoms with Gasteiger partial charge in [0.25, 0.3) is 11.6 Å². The summed E-state index contributed by atoms with van der Waals surface area (Å²) in [7, 11) is -3.94. The van der Waals surface area contributed by atoms with Crippen LogP contribution in [0.5, 0.6) is 5.75 Å². The number of hydrogen-bond acceptors (Lipinski definition) is 6. The van der Waals surface area contributed by atoms with Gasteiger partial charge in [0, 0.05) is 38.3 Å². The van der Waals surface area contributed by atoms with Crippen molar-refractivity contribution in [2.45, 2.75) is 11.5 Å². The van der Waals surface area contributed by atoms with Crippen LogP contribution in [0.2, 0.25) is 0 Å². The molecule has 0 spiro atoms. The Hall–Kier alpha value is -3.83. The number of carbonyl (C=O) groups excluding carboxylic acids is 1. The molecular formula is C24H22FN3O6S. The fraction of sp³-hybridized carbons (Fsp3) is 0.208. The van der Waals surface area contributed by atoms with Gasteiger partial charge in [-0.2, -0.15) is 4.31 Å². The van der Waals surface area contributed by atoms with E-state index < -0.39 is 14.9 Å². The first kappa shape index (κ1) is 24.3. The highest BCUT2D eigenvalue weighted by atomic mass is 32.2. The van der Waals surface area contributed by atoms with Gasteiger partial charge in [0.1, 0.15) is 18.2 Å². The van der Waals surface area contributed by atoms with E-state index >= 15 is 0 Å². The smallest absolute Gasteiger partial charge is 0.270 e. The Bertz CT molecular complexity index is 1340. The molecule has 3 aromatic carbocycles. The summed E-state index contributed by atoms with van der Waals surface area (Å²) in [5.41, 5.74) is 0.773. The van der Waals surface area contributed by atoms with Gasteiger partial charge in [-0.3, -0.25) is 14.9 Å². The van der Waals surface area contributed by atoms with Crippen LogP contribution in [0.4, 0.5) is 10.1 Å². The third kappa shape index (κ3) is 5.47. The van der Waals surface area contributed by atoms with Crippen molar-refractivity contribution >= 4 is 21.6 Å². The van der Waals surface area contributed by atoms with Gasteiger partial charge in [-0.15, -0.1) is 0 Å². The molecule has 0 atom stereocenters. The van der Waals surface area contributed by atoms with Crippen LogP contribution < -0.4 is 4.74 Å². The van der Waals surface area contributed by atoms with Crippen LogP contribution in [0.15, 0.2) is 77.7 Å². The van der Waals surface area contributed by atoms with Crippen LogP contribution in [0, 0.1) is 15.9 Å². The number of piperazine rings is 1. The van der Waals surface area contributed by atoms with Crippen LogP contribution >= 0.6 is 0 Å². The lowest BCUT2D eigenvalue weighted by Gasteiger charge is -2.34. The van der Waals surface area contributed by atoms with Crippen molar-refractivity contribution in [1.29, 1.82) is 0 Å². The minimum Gasteiger partial charge on any atom is -0.488 e. The number of nitro groups is 1. The third-order valence-corrected chi connectivity index (χ3v) is 7.51. The number of amides is 1. The second kappa shape index (κ2) is 10.2. The maximum absolute atomic E-state index is 13.2. The molecule has 0 aliphatic carbocycles. The van der Waals surface area contributed by atoms with E-state index in [1.54, 1.807) is 41.3 Å². The van der Waals surface area contributed by atoms with Crippen molar-refractivity contribution in [1.82, 2.24) is 9.21 Å². The average molecular weight is 500 g/mol. The van der Waals surface area contributed by atoms with Crippen molar-refractivity contribution in [2.75, 3.05) is 26.2 Å².